The Balaban J connectivity index is 1.55. The second-order valence-electron chi connectivity index (χ2n) is 8.38. The van der Waals surface area contributed by atoms with Crippen LogP contribution in [0.3, 0.4) is 0 Å². The lowest BCUT2D eigenvalue weighted by Gasteiger charge is -2.35. The summed E-state index contributed by atoms with van der Waals surface area (Å²) in [5.74, 6) is -1.17. The summed E-state index contributed by atoms with van der Waals surface area (Å²) in [5, 5.41) is 17.7. The number of carbonyl (C=O) groups is 1. The number of halogens is 2. The van der Waals surface area contributed by atoms with Crippen LogP contribution in [-0.2, 0) is 4.79 Å². The van der Waals surface area contributed by atoms with Crippen LogP contribution in [0.1, 0.15) is 24.5 Å². The highest BCUT2D eigenvalue weighted by Crippen LogP contribution is 2.28. The minimum Gasteiger partial charge on any atom is -0.497 e. The van der Waals surface area contributed by atoms with Gasteiger partial charge in [0.15, 0.2) is 0 Å². The van der Waals surface area contributed by atoms with Gasteiger partial charge in [0.05, 0.1) is 31.0 Å². The number of amides is 1. The van der Waals surface area contributed by atoms with Crippen molar-refractivity contribution in [1.82, 2.24) is 15.2 Å². The molecule has 1 saturated heterocycles. The van der Waals surface area contributed by atoms with Crippen molar-refractivity contribution in [3.8, 4) is 5.75 Å². The summed E-state index contributed by atoms with van der Waals surface area (Å²) >= 11 is 0. The molecule has 0 bridgehead atoms. The average Bonchev–Trinajstić information content (AvgIpc) is 2.85. The third-order valence-electron chi connectivity index (χ3n) is 6.12. The van der Waals surface area contributed by atoms with E-state index in [-0.39, 0.29) is 24.8 Å². The van der Waals surface area contributed by atoms with Gasteiger partial charge < -0.3 is 20.5 Å². The van der Waals surface area contributed by atoms with Crippen molar-refractivity contribution in [1.29, 1.82) is 0 Å². The fourth-order valence-corrected chi connectivity index (χ4v) is 4.37. The van der Waals surface area contributed by atoms with Gasteiger partial charge in [-0.2, -0.15) is 0 Å². The van der Waals surface area contributed by atoms with Crippen LogP contribution in [0.5, 0.6) is 5.75 Å². The average molecular weight is 471 g/mol. The van der Waals surface area contributed by atoms with E-state index in [1.807, 2.05) is 23.1 Å². The third-order valence-corrected chi connectivity index (χ3v) is 6.12. The number of aliphatic hydroxyl groups excluding tert-OH is 1. The number of piperidine rings is 1. The first-order valence-electron chi connectivity index (χ1n) is 11.2. The number of hydrogen-bond acceptors (Lipinski definition) is 6. The van der Waals surface area contributed by atoms with E-state index in [0.717, 1.165) is 55.0 Å². The third kappa shape index (κ3) is 5.67. The molecule has 1 aliphatic rings. The lowest BCUT2D eigenvalue weighted by Crippen LogP contribution is -2.47. The highest BCUT2D eigenvalue weighted by atomic mass is 19.1. The maximum atomic E-state index is 14.0. The minimum absolute atomic E-state index is 0.0571. The lowest BCUT2D eigenvalue weighted by atomic mass is 10.0. The van der Waals surface area contributed by atoms with Crippen LogP contribution in [-0.4, -0.2) is 60.2 Å². The molecule has 4 rings (SSSR count). The number of hydrogen-bond donors (Lipinski definition) is 3. The Hall–Kier alpha value is -3.14. The first kappa shape index (κ1) is 24.0. The van der Waals surface area contributed by atoms with Crippen LogP contribution in [0.4, 0.5) is 14.5 Å². The van der Waals surface area contributed by atoms with E-state index in [1.54, 1.807) is 19.4 Å². The van der Waals surface area contributed by atoms with Crippen molar-refractivity contribution in [2.24, 2.45) is 0 Å². The number of aliphatic hydroxyl groups is 1. The van der Waals surface area contributed by atoms with Gasteiger partial charge in [0, 0.05) is 30.2 Å². The normalized spacial score (nSPS) is 15.4. The molecule has 180 valence electrons. The topological polar surface area (TPSA) is 86.7 Å². The maximum absolute atomic E-state index is 14.0. The number of nitrogens with zero attached hydrogens (tertiary/aromatic N) is 2. The molecule has 0 radical (unpaired) electrons. The standard InChI is InChI=1S/C25H28F2N4O3/c1-34-18-3-5-22-20(13-18)19(8-11-29-22)24(32)14-31(17-6-9-28-10-7-17)15-25(33)30-23-12-16(26)2-4-21(23)27/h2-5,8,11-13,17,24,28,32H,6-7,9-10,14-15H2,1H3,(H,30,33)/t24-/m0/s1. The number of benzene rings is 2. The first-order chi connectivity index (χ1) is 16.4. The molecular formula is C25H28F2N4O3. The summed E-state index contributed by atoms with van der Waals surface area (Å²) in [6.45, 7) is 1.73. The zero-order valence-corrected chi connectivity index (χ0v) is 18.9. The Morgan fingerprint density at radius 3 is 2.79 bits per heavy atom. The van der Waals surface area contributed by atoms with E-state index < -0.39 is 23.6 Å². The van der Waals surface area contributed by atoms with Gasteiger partial charge in [0.2, 0.25) is 5.91 Å². The number of nitrogens with one attached hydrogen (secondary N) is 2. The van der Waals surface area contributed by atoms with E-state index in [2.05, 4.69) is 15.6 Å². The zero-order chi connectivity index (χ0) is 24.1. The number of rotatable bonds is 8. The maximum Gasteiger partial charge on any atom is 0.238 e. The summed E-state index contributed by atoms with van der Waals surface area (Å²) in [7, 11) is 1.58. The molecule has 1 atom stereocenters. The van der Waals surface area contributed by atoms with Gasteiger partial charge in [-0.25, -0.2) is 8.78 Å². The zero-order valence-electron chi connectivity index (χ0n) is 18.9. The van der Waals surface area contributed by atoms with Gasteiger partial charge in [0.1, 0.15) is 17.4 Å². The second kappa shape index (κ2) is 10.9. The highest BCUT2D eigenvalue weighted by Gasteiger charge is 2.26. The van der Waals surface area contributed by atoms with Crippen molar-refractivity contribution in [2.75, 3.05) is 38.6 Å². The lowest BCUT2D eigenvalue weighted by molar-refractivity contribution is -0.118. The molecule has 3 N–H and O–H groups in total. The molecule has 1 fully saturated rings. The molecule has 1 aliphatic heterocycles. The molecule has 1 aromatic heterocycles. The van der Waals surface area contributed by atoms with E-state index in [1.165, 1.54) is 0 Å². The largest absolute Gasteiger partial charge is 0.497 e. The number of aromatic nitrogens is 1. The number of carbonyl (C=O) groups excluding carboxylic acids is 1. The SMILES string of the molecule is COc1ccc2nccc([C@@H](O)CN(CC(=O)Nc3cc(F)ccc3F)C3CCNCC3)c2c1. The van der Waals surface area contributed by atoms with E-state index >= 15 is 0 Å². The number of pyridine rings is 1. The Bertz CT molecular complexity index is 1150. The number of ether oxygens (including phenoxy) is 1. The molecular weight excluding hydrogens is 442 g/mol. The van der Waals surface area contributed by atoms with Gasteiger partial charge >= 0.3 is 0 Å². The smallest absolute Gasteiger partial charge is 0.238 e. The molecule has 7 nitrogen and oxygen atoms in total. The molecule has 0 saturated carbocycles. The summed E-state index contributed by atoms with van der Waals surface area (Å²) in [5.41, 5.74) is 1.20. The summed E-state index contributed by atoms with van der Waals surface area (Å²) in [6.07, 6.45) is 2.35. The quantitative estimate of drug-likeness (QED) is 0.469. The van der Waals surface area contributed by atoms with Crippen LogP contribution in [0, 0.1) is 11.6 Å². The monoisotopic (exact) mass is 470 g/mol. The number of anilines is 1. The van der Waals surface area contributed by atoms with Crippen molar-refractivity contribution in [3.63, 3.8) is 0 Å². The summed E-state index contributed by atoms with van der Waals surface area (Å²) in [6, 6.07) is 10.2. The Kier molecular flexibility index (Phi) is 7.66. The molecule has 34 heavy (non-hydrogen) atoms. The predicted molar refractivity (Wildman–Crippen MR) is 126 cm³/mol. The van der Waals surface area contributed by atoms with Gasteiger partial charge in [-0.15, -0.1) is 0 Å². The van der Waals surface area contributed by atoms with Crippen LogP contribution >= 0.6 is 0 Å². The van der Waals surface area contributed by atoms with Gasteiger partial charge in [0.25, 0.3) is 0 Å². The van der Waals surface area contributed by atoms with E-state index in [9.17, 15) is 18.7 Å². The van der Waals surface area contributed by atoms with Crippen LogP contribution in [0.15, 0.2) is 48.7 Å². The Morgan fingerprint density at radius 1 is 1.24 bits per heavy atom. The van der Waals surface area contributed by atoms with Gasteiger partial charge in [-0.1, -0.05) is 0 Å². The Labute approximate surface area is 196 Å². The number of methoxy groups -OCH3 is 1. The molecule has 9 heteroatoms. The molecule has 3 aromatic rings. The molecule has 2 heterocycles. The van der Waals surface area contributed by atoms with E-state index in [0.29, 0.717) is 11.3 Å². The summed E-state index contributed by atoms with van der Waals surface area (Å²) in [4.78, 5) is 19.0. The van der Waals surface area contributed by atoms with Crippen LogP contribution in [0.2, 0.25) is 0 Å². The minimum atomic E-state index is -0.897. The fraction of sp³-hybridized carbons (Fsp3) is 0.360. The molecule has 1 amide bonds. The first-order valence-corrected chi connectivity index (χ1v) is 11.2. The van der Waals surface area contributed by atoms with Crippen LogP contribution < -0.4 is 15.4 Å². The second-order valence-corrected chi connectivity index (χ2v) is 8.38. The van der Waals surface area contributed by atoms with Crippen LogP contribution in [0.25, 0.3) is 10.9 Å². The van der Waals surface area contributed by atoms with Gasteiger partial charge in [-0.05, 0) is 67.9 Å². The van der Waals surface area contributed by atoms with Gasteiger partial charge in [-0.3, -0.25) is 14.7 Å². The van der Waals surface area contributed by atoms with Crippen molar-refractivity contribution >= 4 is 22.5 Å². The predicted octanol–water partition coefficient (Wildman–Crippen LogP) is 3.25. The molecule has 0 spiro atoms. The fourth-order valence-electron chi connectivity index (χ4n) is 4.37. The summed E-state index contributed by atoms with van der Waals surface area (Å²) < 4.78 is 32.8. The molecule has 0 unspecified atom stereocenters. The number of fused-ring (bicyclic) bond motifs is 1. The van der Waals surface area contributed by atoms with E-state index in [4.69, 9.17) is 4.74 Å². The molecule has 2 aromatic carbocycles. The highest BCUT2D eigenvalue weighted by molar-refractivity contribution is 5.92. The Morgan fingerprint density at radius 2 is 2.03 bits per heavy atom. The van der Waals surface area contributed by atoms with Crippen molar-refractivity contribution in [2.45, 2.75) is 25.0 Å². The van der Waals surface area contributed by atoms with Crippen molar-refractivity contribution < 1.29 is 23.4 Å². The van der Waals surface area contributed by atoms with Crippen molar-refractivity contribution in [3.05, 3.63) is 65.9 Å². The molecule has 0 aliphatic carbocycles.